The van der Waals surface area contributed by atoms with Crippen LogP contribution in [0.3, 0.4) is 0 Å². The number of unbranched alkanes of at least 4 members (excludes halogenated alkanes) is 1. The summed E-state index contributed by atoms with van der Waals surface area (Å²) in [5.74, 6) is 0. The lowest BCUT2D eigenvalue weighted by atomic mass is 10.3. The second-order valence-corrected chi connectivity index (χ2v) is 7.97. The van der Waals surface area contributed by atoms with Gasteiger partial charge in [-0.3, -0.25) is 9.36 Å². The van der Waals surface area contributed by atoms with E-state index in [4.69, 9.17) is 0 Å². The zero-order chi connectivity index (χ0) is 15.6. The van der Waals surface area contributed by atoms with E-state index in [-0.39, 0.29) is 15.8 Å². The summed E-state index contributed by atoms with van der Waals surface area (Å²) in [6.45, 7) is 6.31. The van der Waals surface area contributed by atoms with Gasteiger partial charge in [0, 0.05) is 12.6 Å². The zero-order valence-electron chi connectivity index (χ0n) is 12.4. The average Bonchev–Trinajstić information content (AvgIpc) is 2.73. The lowest BCUT2D eigenvalue weighted by Gasteiger charge is -2.08. The van der Waals surface area contributed by atoms with E-state index in [1.807, 2.05) is 20.8 Å². The maximum Gasteiger partial charge on any atom is 0.308 e. The van der Waals surface area contributed by atoms with E-state index in [9.17, 15) is 13.2 Å². The van der Waals surface area contributed by atoms with Gasteiger partial charge in [-0.05, 0) is 38.5 Å². The van der Waals surface area contributed by atoms with Gasteiger partial charge in [-0.2, -0.15) is 0 Å². The Morgan fingerprint density at radius 2 is 2.05 bits per heavy atom. The average molecular weight is 328 g/mol. The topological polar surface area (TPSA) is 68.2 Å². The molecule has 0 aliphatic carbocycles. The van der Waals surface area contributed by atoms with Gasteiger partial charge in [0.05, 0.1) is 15.1 Å². The number of sulfonamides is 1. The molecule has 1 aromatic carbocycles. The van der Waals surface area contributed by atoms with Crippen LogP contribution in [0.2, 0.25) is 0 Å². The van der Waals surface area contributed by atoms with Crippen LogP contribution in [0.4, 0.5) is 0 Å². The summed E-state index contributed by atoms with van der Waals surface area (Å²) >= 11 is 1.08. The monoisotopic (exact) mass is 328 g/mol. The first-order valence-electron chi connectivity index (χ1n) is 7.01. The minimum Gasteiger partial charge on any atom is -0.296 e. The molecule has 0 aliphatic rings. The molecule has 0 saturated carbocycles. The Balaban J connectivity index is 2.42. The lowest BCUT2D eigenvalue weighted by molar-refractivity contribution is 0.578. The molecule has 0 atom stereocenters. The Morgan fingerprint density at radius 1 is 1.33 bits per heavy atom. The molecule has 0 unspecified atom stereocenters. The Hall–Kier alpha value is -1.18. The first-order chi connectivity index (χ1) is 9.86. The Bertz CT molecular complexity index is 788. The fourth-order valence-corrected chi connectivity index (χ4v) is 4.37. The molecule has 0 spiro atoms. The summed E-state index contributed by atoms with van der Waals surface area (Å²) in [5, 5.41) is 0. The van der Waals surface area contributed by atoms with Gasteiger partial charge < -0.3 is 0 Å². The van der Waals surface area contributed by atoms with E-state index in [0.717, 1.165) is 29.7 Å². The van der Waals surface area contributed by atoms with Crippen LogP contribution in [0.1, 0.15) is 39.7 Å². The number of hydrogen-bond acceptors (Lipinski definition) is 4. The smallest absolute Gasteiger partial charge is 0.296 e. The maximum atomic E-state index is 12.2. The highest BCUT2D eigenvalue weighted by Crippen LogP contribution is 2.23. The molecule has 7 heteroatoms. The molecule has 116 valence electrons. The number of rotatable bonds is 6. The van der Waals surface area contributed by atoms with Crippen LogP contribution in [-0.4, -0.2) is 19.5 Å². The second-order valence-electron chi connectivity index (χ2n) is 5.21. The van der Waals surface area contributed by atoms with Crippen molar-refractivity contribution in [1.82, 2.24) is 9.29 Å². The Morgan fingerprint density at radius 3 is 2.67 bits per heavy atom. The van der Waals surface area contributed by atoms with Gasteiger partial charge in [-0.15, -0.1) is 0 Å². The summed E-state index contributed by atoms with van der Waals surface area (Å²) in [6.07, 6.45) is 1.74. The van der Waals surface area contributed by atoms with Crippen molar-refractivity contribution in [2.24, 2.45) is 0 Å². The molecule has 0 bridgehead atoms. The largest absolute Gasteiger partial charge is 0.308 e. The third-order valence-corrected chi connectivity index (χ3v) is 5.61. The van der Waals surface area contributed by atoms with Gasteiger partial charge in [-0.1, -0.05) is 24.7 Å². The molecular weight excluding hydrogens is 308 g/mol. The third-order valence-electron chi connectivity index (χ3n) is 3.23. The molecule has 1 N–H and O–H groups in total. The standard InChI is InChI=1S/C14H20N2O3S2/c1-4-5-8-15-21(18,19)11-6-7-12-13(9-11)20-14(17)16(12)10(2)3/h6-7,9-10,15H,4-5,8H2,1-3H3. The number of benzene rings is 1. The van der Waals surface area contributed by atoms with Gasteiger partial charge >= 0.3 is 4.87 Å². The van der Waals surface area contributed by atoms with Crippen molar-refractivity contribution < 1.29 is 8.42 Å². The second kappa shape index (κ2) is 6.29. The van der Waals surface area contributed by atoms with Gasteiger partial charge in [0.1, 0.15) is 0 Å². The van der Waals surface area contributed by atoms with Crippen LogP contribution < -0.4 is 9.60 Å². The highest BCUT2D eigenvalue weighted by Gasteiger charge is 2.17. The minimum absolute atomic E-state index is 0.0522. The van der Waals surface area contributed by atoms with Crippen LogP contribution >= 0.6 is 11.3 Å². The molecule has 21 heavy (non-hydrogen) atoms. The molecule has 0 fully saturated rings. The van der Waals surface area contributed by atoms with E-state index in [1.54, 1.807) is 22.8 Å². The van der Waals surface area contributed by atoms with E-state index in [0.29, 0.717) is 11.2 Å². The normalized spacial score (nSPS) is 12.4. The van der Waals surface area contributed by atoms with E-state index in [1.165, 1.54) is 0 Å². The van der Waals surface area contributed by atoms with E-state index < -0.39 is 10.0 Å². The first kappa shape index (κ1) is 16.2. The summed E-state index contributed by atoms with van der Waals surface area (Å²) in [7, 11) is -3.50. The van der Waals surface area contributed by atoms with Crippen molar-refractivity contribution in [3.8, 4) is 0 Å². The van der Waals surface area contributed by atoms with Gasteiger partial charge in [0.15, 0.2) is 0 Å². The molecule has 1 heterocycles. The van der Waals surface area contributed by atoms with Crippen LogP contribution in [0.15, 0.2) is 27.9 Å². The van der Waals surface area contributed by atoms with Gasteiger partial charge in [0.25, 0.3) is 0 Å². The fourth-order valence-electron chi connectivity index (χ4n) is 2.14. The van der Waals surface area contributed by atoms with Crippen molar-refractivity contribution >= 4 is 31.6 Å². The SMILES string of the molecule is CCCCNS(=O)(=O)c1ccc2c(c1)sc(=O)n2C(C)C. The van der Waals surface area contributed by atoms with E-state index in [2.05, 4.69) is 4.72 Å². The van der Waals surface area contributed by atoms with Gasteiger partial charge in [0.2, 0.25) is 10.0 Å². The number of nitrogens with zero attached hydrogens (tertiary/aromatic N) is 1. The molecule has 0 radical (unpaired) electrons. The fraction of sp³-hybridized carbons (Fsp3) is 0.500. The lowest BCUT2D eigenvalue weighted by Crippen LogP contribution is -2.24. The third kappa shape index (κ3) is 3.36. The van der Waals surface area contributed by atoms with Crippen LogP contribution in [0.5, 0.6) is 0 Å². The first-order valence-corrected chi connectivity index (χ1v) is 9.31. The number of thiazole rings is 1. The van der Waals surface area contributed by atoms with Crippen molar-refractivity contribution in [3.05, 3.63) is 27.9 Å². The van der Waals surface area contributed by atoms with Crippen LogP contribution in [-0.2, 0) is 10.0 Å². The van der Waals surface area contributed by atoms with Crippen LogP contribution in [0.25, 0.3) is 10.2 Å². The summed E-state index contributed by atoms with van der Waals surface area (Å²) < 4.78 is 29.3. The zero-order valence-corrected chi connectivity index (χ0v) is 14.1. The van der Waals surface area contributed by atoms with Crippen molar-refractivity contribution in [2.45, 2.75) is 44.6 Å². The summed E-state index contributed by atoms with van der Waals surface area (Å²) in [6, 6.07) is 4.90. The molecule has 0 saturated heterocycles. The predicted octanol–water partition coefficient (Wildman–Crippen LogP) is 2.72. The number of aromatic nitrogens is 1. The van der Waals surface area contributed by atoms with Crippen molar-refractivity contribution in [1.29, 1.82) is 0 Å². The van der Waals surface area contributed by atoms with E-state index >= 15 is 0 Å². The molecular formula is C14H20N2O3S2. The number of nitrogens with one attached hydrogen (secondary N) is 1. The van der Waals surface area contributed by atoms with Crippen molar-refractivity contribution in [2.75, 3.05) is 6.54 Å². The molecule has 0 aliphatic heterocycles. The predicted molar refractivity (Wildman–Crippen MR) is 86.6 cm³/mol. The highest BCUT2D eigenvalue weighted by atomic mass is 32.2. The molecule has 0 amide bonds. The number of fused-ring (bicyclic) bond motifs is 1. The summed E-state index contributed by atoms with van der Waals surface area (Å²) in [5.41, 5.74) is 0.785. The summed E-state index contributed by atoms with van der Waals surface area (Å²) in [4.78, 5) is 12.1. The van der Waals surface area contributed by atoms with Crippen LogP contribution in [0, 0.1) is 0 Å². The molecule has 1 aromatic heterocycles. The quantitative estimate of drug-likeness (QED) is 0.829. The molecule has 5 nitrogen and oxygen atoms in total. The number of hydrogen-bond donors (Lipinski definition) is 1. The minimum atomic E-state index is -3.50. The maximum absolute atomic E-state index is 12.2. The van der Waals surface area contributed by atoms with Crippen molar-refractivity contribution in [3.63, 3.8) is 0 Å². The highest BCUT2D eigenvalue weighted by molar-refractivity contribution is 7.89. The Labute approximate surface area is 128 Å². The molecule has 2 rings (SSSR count). The Kier molecular flexibility index (Phi) is 4.85. The molecule has 2 aromatic rings. The van der Waals surface area contributed by atoms with Gasteiger partial charge in [-0.25, -0.2) is 13.1 Å².